The molecule has 1 aromatic heterocycles. The highest BCUT2D eigenvalue weighted by Crippen LogP contribution is 2.19. The molecular weight excluding hydrogens is 238 g/mol. The second kappa shape index (κ2) is 7.06. The van der Waals surface area contributed by atoms with E-state index in [-0.39, 0.29) is 0 Å². The zero-order valence-electron chi connectivity index (χ0n) is 12.5. The first-order valence-corrected chi connectivity index (χ1v) is 7.65. The van der Waals surface area contributed by atoms with Crippen LogP contribution in [0.2, 0.25) is 0 Å². The average Bonchev–Trinajstić information content (AvgIpc) is 3.07. The standard InChI is InChI=1S/C15H27N3O/c1-4-13-9-14(5-2)18(17-13)10-15(16-6-3)12-7-8-19-11-12/h9,12,15-16H,4-8,10-11H2,1-3H3. The van der Waals surface area contributed by atoms with Gasteiger partial charge in [0.1, 0.15) is 0 Å². The maximum atomic E-state index is 5.54. The normalized spacial score (nSPS) is 20.9. The van der Waals surface area contributed by atoms with Crippen LogP contribution in [0.15, 0.2) is 6.07 Å². The summed E-state index contributed by atoms with van der Waals surface area (Å²) in [7, 11) is 0. The summed E-state index contributed by atoms with van der Waals surface area (Å²) in [6, 6.07) is 2.72. The number of nitrogens with one attached hydrogen (secondary N) is 1. The fourth-order valence-corrected chi connectivity index (χ4v) is 2.83. The molecule has 0 saturated carbocycles. The molecule has 1 fully saturated rings. The third kappa shape index (κ3) is 3.57. The third-order valence-electron chi connectivity index (χ3n) is 4.01. The van der Waals surface area contributed by atoms with Crippen LogP contribution in [0.25, 0.3) is 0 Å². The van der Waals surface area contributed by atoms with Crippen LogP contribution in [-0.4, -0.2) is 35.6 Å². The van der Waals surface area contributed by atoms with E-state index in [2.05, 4.69) is 36.8 Å². The summed E-state index contributed by atoms with van der Waals surface area (Å²) in [5.74, 6) is 0.624. The van der Waals surface area contributed by atoms with E-state index in [0.29, 0.717) is 12.0 Å². The summed E-state index contributed by atoms with van der Waals surface area (Å²) in [5.41, 5.74) is 2.55. The molecule has 0 aromatic carbocycles. The SMILES string of the molecule is CCNC(Cn1nc(CC)cc1CC)C1CCOC1. The molecule has 1 aliphatic heterocycles. The third-order valence-corrected chi connectivity index (χ3v) is 4.01. The van der Waals surface area contributed by atoms with Crippen molar-refractivity contribution in [3.63, 3.8) is 0 Å². The lowest BCUT2D eigenvalue weighted by Gasteiger charge is -2.24. The highest BCUT2D eigenvalue weighted by atomic mass is 16.5. The molecule has 2 rings (SSSR count). The van der Waals surface area contributed by atoms with Crippen molar-refractivity contribution in [1.29, 1.82) is 0 Å². The Balaban J connectivity index is 2.08. The van der Waals surface area contributed by atoms with Gasteiger partial charge in [-0.2, -0.15) is 5.10 Å². The van der Waals surface area contributed by atoms with E-state index < -0.39 is 0 Å². The van der Waals surface area contributed by atoms with Crippen LogP contribution in [0.3, 0.4) is 0 Å². The number of nitrogens with zero attached hydrogens (tertiary/aromatic N) is 2. The molecule has 2 heterocycles. The molecule has 0 radical (unpaired) electrons. The molecule has 0 aliphatic carbocycles. The fraction of sp³-hybridized carbons (Fsp3) is 0.800. The van der Waals surface area contributed by atoms with Gasteiger partial charge in [0.05, 0.1) is 18.8 Å². The lowest BCUT2D eigenvalue weighted by atomic mass is 9.99. The molecule has 108 valence electrons. The van der Waals surface area contributed by atoms with Crippen molar-refractivity contribution in [2.75, 3.05) is 19.8 Å². The van der Waals surface area contributed by atoms with Gasteiger partial charge in [-0.3, -0.25) is 4.68 Å². The number of hydrogen-bond donors (Lipinski definition) is 1. The Morgan fingerprint density at radius 2 is 2.26 bits per heavy atom. The van der Waals surface area contributed by atoms with Crippen LogP contribution in [0.4, 0.5) is 0 Å². The van der Waals surface area contributed by atoms with Gasteiger partial charge >= 0.3 is 0 Å². The number of likely N-dealkylation sites (N-methyl/N-ethyl adjacent to an activating group) is 1. The van der Waals surface area contributed by atoms with Gasteiger partial charge in [-0.1, -0.05) is 20.8 Å². The van der Waals surface area contributed by atoms with E-state index in [1.807, 2.05) is 0 Å². The Bertz CT molecular complexity index is 383. The van der Waals surface area contributed by atoms with Crippen molar-refractivity contribution in [3.8, 4) is 0 Å². The lowest BCUT2D eigenvalue weighted by molar-refractivity contribution is 0.173. The maximum absolute atomic E-state index is 5.54. The van der Waals surface area contributed by atoms with Gasteiger partial charge in [-0.05, 0) is 31.9 Å². The highest BCUT2D eigenvalue weighted by Gasteiger charge is 2.26. The minimum atomic E-state index is 0.474. The molecule has 1 saturated heterocycles. The van der Waals surface area contributed by atoms with Gasteiger partial charge in [0.25, 0.3) is 0 Å². The van der Waals surface area contributed by atoms with Crippen LogP contribution in [-0.2, 0) is 24.1 Å². The number of ether oxygens (including phenoxy) is 1. The first-order valence-electron chi connectivity index (χ1n) is 7.65. The van der Waals surface area contributed by atoms with Gasteiger partial charge in [-0.15, -0.1) is 0 Å². The summed E-state index contributed by atoms with van der Waals surface area (Å²) in [5, 5.41) is 8.34. The van der Waals surface area contributed by atoms with E-state index in [1.165, 1.54) is 17.8 Å². The number of rotatable bonds is 7. The first kappa shape index (κ1) is 14.5. The van der Waals surface area contributed by atoms with E-state index in [1.54, 1.807) is 0 Å². The number of aryl methyl sites for hydroxylation is 2. The largest absolute Gasteiger partial charge is 0.381 e. The fourth-order valence-electron chi connectivity index (χ4n) is 2.83. The predicted molar refractivity (Wildman–Crippen MR) is 77.4 cm³/mol. The summed E-state index contributed by atoms with van der Waals surface area (Å²) >= 11 is 0. The van der Waals surface area contributed by atoms with Gasteiger partial charge in [0.15, 0.2) is 0 Å². The Morgan fingerprint density at radius 3 is 2.84 bits per heavy atom. The smallest absolute Gasteiger partial charge is 0.0624 e. The van der Waals surface area contributed by atoms with Crippen molar-refractivity contribution in [2.24, 2.45) is 5.92 Å². The van der Waals surface area contributed by atoms with Crippen LogP contribution in [0.5, 0.6) is 0 Å². The zero-order chi connectivity index (χ0) is 13.7. The summed E-state index contributed by atoms with van der Waals surface area (Å²) in [4.78, 5) is 0. The van der Waals surface area contributed by atoms with E-state index in [9.17, 15) is 0 Å². The monoisotopic (exact) mass is 265 g/mol. The molecule has 1 aliphatic rings. The minimum Gasteiger partial charge on any atom is -0.381 e. The van der Waals surface area contributed by atoms with Crippen molar-refractivity contribution in [2.45, 2.75) is 52.6 Å². The first-order chi connectivity index (χ1) is 9.28. The van der Waals surface area contributed by atoms with Crippen LogP contribution < -0.4 is 5.32 Å². The maximum Gasteiger partial charge on any atom is 0.0624 e. The molecule has 0 amide bonds. The highest BCUT2D eigenvalue weighted by molar-refractivity contribution is 5.10. The van der Waals surface area contributed by atoms with Gasteiger partial charge in [0.2, 0.25) is 0 Å². The second-order valence-corrected chi connectivity index (χ2v) is 5.30. The Hall–Kier alpha value is -0.870. The molecule has 0 bridgehead atoms. The number of aromatic nitrogens is 2. The molecule has 4 nitrogen and oxygen atoms in total. The predicted octanol–water partition coefficient (Wildman–Crippen LogP) is 2.02. The van der Waals surface area contributed by atoms with E-state index >= 15 is 0 Å². The molecule has 2 atom stereocenters. The molecular formula is C15H27N3O. The van der Waals surface area contributed by atoms with Gasteiger partial charge < -0.3 is 10.1 Å². The molecule has 4 heteroatoms. The molecule has 0 spiro atoms. The average molecular weight is 265 g/mol. The van der Waals surface area contributed by atoms with Crippen molar-refractivity contribution < 1.29 is 4.74 Å². The molecule has 2 unspecified atom stereocenters. The second-order valence-electron chi connectivity index (χ2n) is 5.30. The van der Waals surface area contributed by atoms with Crippen LogP contribution >= 0.6 is 0 Å². The Labute approximate surface area is 116 Å². The quantitative estimate of drug-likeness (QED) is 0.820. The van der Waals surface area contributed by atoms with Crippen molar-refractivity contribution in [1.82, 2.24) is 15.1 Å². The topological polar surface area (TPSA) is 39.1 Å². The molecule has 1 N–H and O–H groups in total. The van der Waals surface area contributed by atoms with E-state index in [0.717, 1.165) is 39.1 Å². The summed E-state index contributed by atoms with van der Waals surface area (Å²) < 4.78 is 7.73. The summed E-state index contributed by atoms with van der Waals surface area (Å²) in [6.07, 6.45) is 3.23. The van der Waals surface area contributed by atoms with Gasteiger partial charge in [-0.25, -0.2) is 0 Å². The summed E-state index contributed by atoms with van der Waals surface area (Å²) in [6.45, 7) is 10.3. The minimum absolute atomic E-state index is 0.474. The number of hydrogen-bond acceptors (Lipinski definition) is 3. The van der Waals surface area contributed by atoms with Crippen molar-refractivity contribution in [3.05, 3.63) is 17.5 Å². The lowest BCUT2D eigenvalue weighted by Crippen LogP contribution is -2.40. The molecule has 1 aromatic rings. The Morgan fingerprint density at radius 1 is 1.42 bits per heavy atom. The van der Waals surface area contributed by atoms with Crippen LogP contribution in [0.1, 0.15) is 38.6 Å². The van der Waals surface area contributed by atoms with Crippen LogP contribution in [0, 0.1) is 5.92 Å². The van der Waals surface area contributed by atoms with Gasteiger partial charge in [0, 0.05) is 24.3 Å². The van der Waals surface area contributed by atoms with Crippen molar-refractivity contribution >= 4 is 0 Å². The van der Waals surface area contributed by atoms with E-state index in [4.69, 9.17) is 9.84 Å². The zero-order valence-corrected chi connectivity index (χ0v) is 12.5. The molecule has 19 heavy (non-hydrogen) atoms. The Kier molecular flexibility index (Phi) is 5.40.